The van der Waals surface area contributed by atoms with Gasteiger partial charge in [0.25, 0.3) is 0 Å². The Bertz CT molecular complexity index is 532. The number of ether oxygens (including phenoxy) is 2. The van der Waals surface area contributed by atoms with Gasteiger partial charge in [-0.3, -0.25) is 4.79 Å². The predicted octanol–water partition coefficient (Wildman–Crippen LogP) is 3.87. The summed E-state index contributed by atoms with van der Waals surface area (Å²) in [5.74, 6) is 0.547. The second-order valence-corrected chi connectivity index (χ2v) is 14.3. The minimum absolute atomic E-state index is 0.0889. The quantitative estimate of drug-likeness (QED) is 0.772. The standard InChI is InChI=1S/C18H32O4Si/c1-11(2)21-14-15(19)17(5)10-9-13(23(6,7)8)18(17,20)16(14)22-12(3)4/h11-13,20H,9-10H2,1-8H3/t13?,17-,18-/m0/s1. The molecule has 23 heavy (non-hydrogen) atoms. The van der Waals surface area contributed by atoms with Crippen molar-refractivity contribution in [3.8, 4) is 0 Å². The van der Waals surface area contributed by atoms with Crippen molar-refractivity contribution in [3.05, 3.63) is 11.5 Å². The molecule has 0 aromatic rings. The molecule has 1 fully saturated rings. The Balaban J connectivity index is 2.63. The molecule has 0 spiro atoms. The summed E-state index contributed by atoms with van der Waals surface area (Å²) >= 11 is 0. The molecule has 0 heterocycles. The molecule has 2 aliphatic carbocycles. The second kappa shape index (κ2) is 5.62. The van der Waals surface area contributed by atoms with E-state index in [4.69, 9.17) is 9.47 Å². The Morgan fingerprint density at radius 3 is 2.09 bits per heavy atom. The number of carbonyl (C=O) groups is 1. The zero-order valence-corrected chi connectivity index (χ0v) is 16.8. The van der Waals surface area contributed by atoms with E-state index in [-0.39, 0.29) is 29.3 Å². The third-order valence-corrected chi connectivity index (χ3v) is 8.09. The average Bonchev–Trinajstić information content (AvgIpc) is 2.72. The Labute approximate surface area is 141 Å². The van der Waals surface area contributed by atoms with E-state index in [0.717, 1.165) is 6.42 Å². The van der Waals surface area contributed by atoms with Crippen LogP contribution in [0.25, 0.3) is 0 Å². The maximum absolute atomic E-state index is 13.1. The van der Waals surface area contributed by atoms with Gasteiger partial charge in [-0.15, -0.1) is 0 Å². The molecule has 5 heteroatoms. The van der Waals surface area contributed by atoms with Crippen LogP contribution in [-0.4, -0.2) is 36.8 Å². The van der Waals surface area contributed by atoms with Crippen LogP contribution in [0, 0.1) is 5.41 Å². The first kappa shape index (κ1) is 18.5. The summed E-state index contributed by atoms with van der Waals surface area (Å²) in [5.41, 5.74) is -1.97. The molecular formula is C18H32O4Si. The van der Waals surface area contributed by atoms with Gasteiger partial charge in [0.2, 0.25) is 11.5 Å². The first-order chi connectivity index (χ1) is 10.4. The van der Waals surface area contributed by atoms with Crippen molar-refractivity contribution in [1.82, 2.24) is 0 Å². The lowest BCUT2D eigenvalue weighted by Gasteiger charge is -2.42. The average molecular weight is 341 g/mol. The molecule has 2 rings (SSSR count). The number of allylic oxidation sites excluding steroid dienone is 1. The normalized spacial score (nSPS) is 34.6. The van der Waals surface area contributed by atoms with Crippen LogP contribution in [0.15, 0.2) is 11.5 Å². The molecule has 3 atom stereocenters. The van der Waals surface area contributed by atoms with E-state index < -0.39 is 19.1 Å². The Hall–Kier alpha value is -0.813. The van der Waals surface area contributed by atoms with Crippen LogP contribution >= 0.6 is 0 Å². The minimum Gasteiger partial charge on any atom is -0.488 e. The number of aliphatic hydroxyl groups is 1. The Morgan fingerprint density at radius 1 is 1.13 bits per heavy atom. The highest BCUT2D eigenvalue weighted by molar-refractivity contribution is 6.78. The second-order valence-electron chi connectivity index (χ2n) is 8.88. The van der Waals surface area contributed by atoms with Crippen molar-refractivity contribution >= 4 is 13.9 Å². The predicted molar refractivity (Wildman–Crippen MR) is 93.9 cm³/mol. The molecule has 0 bridgehead atoms. The molecule has 132 valence electrons. The van der Waals surface area contributed by atoms with Crippen LogP contribution in [0.2, 0.25) is 25.2 Å². The third-order valence-electron chi connectivity index (χ3n) is 5.29. The molecule has 1 saturated carbocycles. The fourth-order valence-corrected chi connectivity index (χ4v) is 6.93. The van der Waals surface area contributed by atoms with E-state index in [9.17, 15) is 9.90 Å². The van der Waals surface area contributed by atoms with Gasteiger partial charge in [0.1, 0.15) is 5.60 Å². The smallest absolute Gasteiger partial charge is 0.210 e. The van der Waals surface area contributed by atoms with Crippen LogP contribution in [0.4, 0.5) is 0 Å². The van der Waals surface area contributed by atoms with E-state index in [1.165, 1.54) is 0 Å². The zero-order chi connectivity index (χ0) is 17.8. The Kier molecular flexibility index (Phi) is 4.53. The molecule has 2 aliphatic rings. The number of carbonyl (C=O) groups excluding carboxylic acids is 1. The maximum atomic E-state index is 13.1. The number of rotatable bonds is 5. The van der Waals surface area contributed by atoms with Crippen molar-refractivity contribution in [3.63, 3.8) is 0 Å². The van der Waals surface area contributed by atoms with Crippen LogP contribution in [0.5, 0.6) is 0 Å². The molecule has 0 amide bonds. The van der Waals surface area contributed by atoms with Gasteiger partial charge in [0.05, 0.1) is 25.7 Å². The molecule has 0 aromatic heterocycles. The minimum atomic E-state index is -1.69. The molecular weight excluding hydrogens is 308 g/mol. The molecule has 0 aromatic carbocycles. The summed E-state index contributed by atoms with van der Waals surface area (Å²) in [6, 6.07) is 0. The van der Waals surface area contributed by atoms with Gasteiger partial charge in [-0.2, -0.15) is 0 Å². The van der Waals surface area contributed by atoms with E-state index in [2.05, 4.69) is 19.6 Å². The number of Topliss-reactive ketones (excluding diaryl/α,β-unsaturated/α-hetero) is 1. The summed E-state index contributed by atoms with van der Waals surface area (Å²) in [6.45, 7) is 16.3. The molecule has 0 radical (unpaired) electrons. The van der Waals surface area contributed by atoms with Gasteiger partial charge >= 0.3 is 0 Å². The fraction of sp³-hybridized carbons (Fsp3) is 0.833. The summed E-state index contributed by atoms with van der Waals surface area (Å²) in [4.78, 5) is 13.1. The van der Waals surface area contributed by atoms with Crippen LogP contribution in [0.3, 0.4) is 0 Å². The van der Waals surface area contributed by atoms with E-state index in [0.29, 0.717) is 12.2 Å². The topological polar surface area (TPSA) is 55.8 Å². The van der Waals surface area contributed by atoms with Crippen LogP contribution in [0.1, 0.15) is 47.5 Å². The van der Waals surface area contributed by atoms with Crippen molar-refractivity contribution in [1.29, 1.82) is 0 Å². The lowest BCUT2D eigenvalue weighted by molar-refractivity contribution is -0.134. The monoisotopic (exact) mass is 340 g/mol. The zero-order valence-electron chi connectivity index (χ0n) is 15.8. The number of fused-ring (bicyclic) bond motifs is 1. The Morgan fingerprint density at radius 2 is 1.65 bits per heavy atom. The van der Waals surface area contributed by atoms with Crippen LogP contribution < -0.4 is 0 Å². The van der Waals surface area contributed by atoms with E-state index >= 15 is 0 Å². The van der Waals surface area contributed by atoms with Crippen molar-refractivity contribution in [2.45, 2.75) is 90.5 Å². The highest BCUT2D eigenvalue weighted by Crippen LogP contribution is 2.65. The van der Waals surface area contributed by atoms with Gasteiger partial charge in [-0.1, -0.05) is 19.6 Å². The maximum Gasteiger partial charge on any atom is 0.210 e. The largest absolute Gasteiger partial charge is 0.488 e. The highest BCUT2D eigenvalue weighted by atomic mass is 28.3. The van der Waals surface area contributed by atoms with Crippen LogP contribution in [-0.2, 0) is 14.3 Å². The number of hydrogen-bond donors (Lipinski definition) is 1. The molecule has 1 N–H and O–H groups in total. The fourth-order valence-electron chi connectivity index (χ4n) is 4.22. The van der Waals surface area contributed by atoms with Gasteiger partial charge < -0.3 is 14.6 Å². The molecule has 4 nitrogen and oxygen atoms in total. The van der Waals surface area contributed by atoms with Crippen molar-refractivity contribution in [2.75, 3.05) is 0 Å². The van der Waals surface area contributed by atoms with Gasteiger partial charge in [0, 0.05) is 0 Å². The van der Waals surface area contributed by atoms with E-state index in [1.54, 1.807) is 0 Å². The molecule has 0 aliphatic heterocycles. The summed E-state index contributed by atoms with van der Waals surface area (Å²) in [7, 11) is -1.69. The lowest BCUT2D eigenvalue weighted by Crippen LogP contribution is -2.52. The number of ketones is 1. The van der Waals surface area contributed by atoms with Gasteiger partial charge in [-0.25, -0.2) is 0 Å². The summed E-state index contributed by atoms with van der Waals surface area (Å²) < 4.78 is 11.8. The molecule has 0 saturated heterocycles. The van der Waals surface area contributed by atoms with Gasteiger partial charge in [-0.05, 0) is 53.0 Å². The lowest BCUT2D eigenvalue weighted by atomic mass is 9.76. The van der Waals surface area contributed by atoms with Crippen molar-refractivity contribution < 1.29 is 19.4 Å². The SMILES string of the molecule is CC(C)OC1=C(OC(C)C)[C@@]2(O)C([Si](C)(C)C)CC[C@@]2(C)C1=O. The summed E-state index contributed by atoms with van der Waals surface area (Å²) in [6.07, 6.45) is 1.32. The van der Waals surface area contributed by atoms with Crippen molar-refractivity contribution in [2.24, 2.45) is 5.41 Å². The number of hydrogen-bond acceptors (Lipinski definition) is 4. The van der Waals surface area contributed by atoms with E-state index in [1.807, 2.05) is 34.6 Å². The van der Waals surface area contributed by atoms with Gasteiger partial charge in [0.15, 0.2) is 5.76 Å². The first-order valence-electron chi connectivity index (χ1n) is 8.71. The summed E-state index contributed by atoms with van der Waals surface area (Å²) in [5, 5.41) is 11.8. The first-order valence-corrected chi connectivity index (χ1v) is 12.3. The molecule has 1 unspecified atom stereocenters. The third kappa shape index (κ3) is 2.66. The highest BCUT2D eigenvalue weighted by Gasteiger charge is 2.72.